The van der Waals surface area contributed by atoms with E-state index in [-0.39, 0.29) is 5.92 Å². The third kappa shape index (κ3) is 3.58. The number of tetrazole rings is 1. The lowest BCUT2D eigenvalue weighted by molar-refractivity contribution is 0.382. The molecule has 0 aliphatic heterocycles. The van der Waals surface area contributed by atoms with Gasteiger partial charge in [-0.25, -0.2) is 0 Å². The lowest BCUT2D eigenvalue weighted by Gasteiger charge is -2.06. The number of benzene rings is 1. The molecule has 0 aliphatic rings. The van der Waals surface area contributed by atoms with Gasteiger partial charge < -0.3 is 4.52 Å². The van der Waals surface area contributed by atoms with Gasteiger partial charge in [-0.3, -0.25) is 0 Å². The topological polar surface area (TPSA) is 82.5 Å². The maximum Gasteiger partial charge on any atom is 0.237 e. The Bertz CT molecular complexity index is 790. The summed E-state index contributed by atoms with van der Waals surface area (Å²) in [5.41, 5.74) is 3.29. The molecular weight excluding hydrogens is 312 g/mol. The highest BCUT2D eigenvalue weighted by atomic mass is 32.2. The molecule has 7 nitrogen and oxygen atoms in total. The number of thioether (sulfide) groups is 1. The normalized spacial score (nSPS) is 11.3. The van der Waals surface area contributed by atoms with Crippen LogP contribution >= 0.6 is 11.8 Å². The predicted molar refractivity (Wildman–Crippen MR) is 86.6 cm³/mol. The van der Waals surface area contributed by atoms with Crippen LogP contribution in [0.5, 0.6) is 0 Å². The fraction of sp³-hybridized carbons (Fsp3) is 0.400. The second-order valence-corrected chi connectivity index (χ2v) is 6.65. The van der Waals surface area contributed by atoms with Crippen molar-refractivity contribution in [3.8, 4) is 5.69 Å². The molecular formula is C15H18N6OS. The molecule has 1 aromatic carbocycles. The monoisotopic (exact) mass is 330 g/mol. The van der Waals surface area contributed by atoms with E-state index in [2.05, 4.69) is 57.7 Å². The Morgan fingerprint density at radius 1 is 1.17 bits per heavy atom. The Hall–Kier alpha value is -2.22. The van der Waals surface area contributed by atoms with Crippen molar-refractivity contribution in [3.05, 3.63) is 41.0 Å². The first-order chi connectivity index (χ1) is 11.0. The van der Waals surface area contributed by atoms with Crippen molar-refractivity contribution in [2.24, 2.45) is 0 Å². The summed E-state index contributed by atoms with van der Waals surface area (Å²) in [7, 11) is 0. The molecule has 0 bridgehead atoms. The minimum absolute atomic E-state index is 0.248. The Labute approximate surface area is 138 Å². The number of nitrogens with zero attached hydrogens (tertiary/aromatic N) is 6. The number of hydrogen-bond acceptors (Lipinski definition) is 7. The quantitative estimate of drug-likeness (QED) is 0.665. The van der Waals surface area contributed by atoms with E-state index in [1.165, 1.54) is 22.9 Å². The van der Waals surface area contributed by atoms with Crippen LogP contribution in [-0.2, 0) is 5.75 Å². The van der Waals surface area contributed by atoms with Crippen LogP contribution in [0.2, 0.25) is 0 Å². The molecule has 120 valence electrons. The Kier molecular flexibility index (Phi) is 4.42. The molecule has 2 aromatic heterocycles. The summed E-state index contributed by atoms with van der Waals surface area (Å²) in [4.78, 5) is 4.36. The Morgan fingerprint density at radius 2 is 1.91 bits per heavy atom. The van der Waals surface area contributed by atoms with Crippen LogP contribution in [0.15, 0.2) is 27.9 Å². The van der Waals surface area contributed by atoms with Crippen LogP contribution in [0.25, 0.3) is 5.69 Å². The van der Waals surface area contributed by atoms with Crippen molar-refractivity contribution >= 4 is 11.8 Å². The largest absolute Gasteiger partial charge is 0.338 e. The van der Waals surface area contributed by atoms with Crippen molar-refractivity contribution < 1.29 is 4.52 Å². The highest BCUT2D eigenvalue weighted by Crippen LogP contribution is 2.23. The average Bonchev–Trinajstić information content (AvgIpc) is 3.13. The van der Waals surface area contributed by atoms with Crippen LogP contribution in [0.4, 0.5) is 0 Å². The number of aryl methyl sites for hydroxylation is 2. The second-order valence-electron chi connectivity index (χ2n) is 5.71. The molecule has 0 aliphatic carbocycles. The van der Waals surface area contributed by atoms with Gasteiger partial charge in [0, 0.05) is 5.92 Å². The average molecular weight is 330 g/mol. The lowest BCUT2D eigenvalue weighted by atomic mass is 10.1. The van der Waals surface area contributed by atoms with E-state index in [1.807, 2.05) is 13.8 Å². The number of hydrogen-bond donors (Lipinski definition) is 0. The van der Waals surface area contributed by atoms with E-state index in [1.54, 1.807) is 4.68 Å². The first-order valence-electron chi connectivity index (χ1n) is 7.35. The Morgan fingerprint density at radius 3 is 2.57 bits per heavy atom. The van der Waals surface area contributed by atoms with E-state index in [4.69, 9.17) is 4.52 Å². The van der Waals surface area contributed by atoms with Gasteiger partial charge in [-0.1, -0.05) is 36.8 Å². The predicted octanol–water partition coefficient (Wildman–Crippen LogP) is 3.08. The van der Waals surface area contributed by atoms with Crippen molar-refractivity contribution in [2.45, 2.75) is 44.5 Å². The van der Waals surface area contributed by atoms with Crippen LogP contribution in [-0.4, -0.2) is 30.3 Å². The fourth-order valence-corrected chi connectivity index (χ4v) is 2.92. The molecule has 0 saturated carbocycles. The van der Waals surface area contributed by atoms with Gasteiger partial charge in [0.25, 0.3) is 0 Å². The van der Waals surface area contributed by atoms with Gasteiger partial charge in [-0.05, 0) is 47.5 Å². The third-order valence-electron chi connectivity index (χ3n) is 3.22. The molecule has 0 amide bonds. The van der Waals surface area contributed by atoms with E-state index in [0.717, 1.165) is 11.5 Å². The highest BCUT2D eigenvalue weighted by Gasteiger charge is 2.14. The van der Waals surface area contributed by atoms with Gasteiger partial charge in [-0.2, -0.15) is 9.67 Å². The van der Waals surface area contributed by atoms with E-state index < -0.39 is 0 Å². The van der Waals surface area contributed by atoms with Crippen LogP contribution in [0.1, 0.15) is 42.6 Å². The molecule has 0 saturated heterocycles. The minimum atomic E-state index is 0.248. The van der Waals surface area contributed by atoms with E-state index in [0.29, 0.717) is 16.8 Å². The number of rotatable bonds is 5. The lowest BCUT2D eigenvalue weighted by Crippen LogP contribution is -2.00. The SMILES string of the molecule is Cc1cc(C)cc(-n2nnnc2SCc2nc(C(C)C)no2)c1. The summed E-state index contributed by atoms with van der Waals surface area (Å²) in [5, 5.41) is 16.6. The molecule has 0 radical (unpaired) electrons. The van der Waals surface area contributed by atoms with Crippen LogP contribution < -0.4 is 0 Å². The molecule has 8 heteroatoms. The fourth-order valence-electron chi connectivity index (χ4n) is 2.19. The van der Waals surface area contributed by atoms with Crippen molar-refractivity contribution in [3.63, 3.8) is 0 Å². The Balaban J connectivity index is 1.78. The smallest absolute Gasteiger partial charge is 0.237 e. The molecule has 3 rings (SSSR count). The number of aromatic nitrogens is 6. The molecule has 2 heterocycles. The summed E-state index contributed by atoms with van der Waals surface area (Å²) in [6.07, 6.45) is 0. The summed E-state index contributed by atoms with van der Waals surface area (Å²) >= 11 is 1.47. The second kappa shape index (κ2) is 6.49. The zero-order chi connectivity index (χ0) is 16.4. The summed E-state index contributed by atoms with van der Waals surface area (Å²) in [5.74, 6) is 2.08. The van der Waals surface area contributed by atoms with Crippen LogP contribution in [0, 0.1) is 13.8 Å². The van der Waals surface area contributed by atoms with E-state index >= 15 is 0 Å². The minimum Gasteiger partial charge on any atom is -0.338 e. The first kappa shape index (κ1) is 15.7. The molecule has 0 spiro atoms. The molecule has 0 fully saturated rings. The summed E-state index contributed by atoms with van der Waals surface area (Å²) in [6.45, 7) is 8.17. The van der Waals surface area contributed by atoms with Crippen molar-refractivity contribution in [2.75, 3.05) is 0 Å². The summed E-state index contributed by atoms with van der Waals surface area (Å²) < 4.78 is 6.97. The first-order valence-corrected chi connectivity index (χ1v) is 8.34. The standard InChI is InChI=1S/C15H18N6OS/c1-9(2)14-16-13(22-18-14)8-23-15-17-19-20-21(15)12-6-10(3)5-11(4)7-12/h5-7,9H,8H2,1-4H3. The molecule has 23 heavy (non-hydrogen) atoms. The molecule has 0 N–H and O–H groups in total. The van der Waals surface area contributed by atoms with E-state index in [9.17, 15) is 0 Å². The van der Waals surface area contributed by atoms with Crippen molar-refractivity contribution in [1.29, 1.82) is 0 Å². The van der Waals surface area contributed by atoms with Crippen molar-refractivity contribution in [1.82, 2.24) is 30.3 Å². The van der Waals surface area contributed by atoms with Crippen LogP contribution in [0.3, 0.4) is 0 Å². The van der Waals surface area contributed by atoms with Gasteiger partial charge >= 0.3 is 0 Å². The maximum atomic E-state index is 5.25. The zero-order valence-electron chi connectivity index (χ0n) is 13.5. The van der Waals surface area contributed by atoms with Gasteiger partial charge in [0.15, 0.2) is 5.82 Å². The van der Waals surface area contributed by atoms with Gasteiger partial charge in [0.1, 0.15) is 0 Å². The zero-order valence-corrected chi connectivity index (χ0v) is 14.3. The third-order valence-corrected chi connectivity index (χ3v) is 4.12. The highest BCUT2D eigenvalue weighted by molar-refractivity contribution is 7.98. The maximum absolute atomic E-state index is 5.25. The molecule has 0 unspecified atom stereocenters. The van der Waals surface area contributed by atoms with Gasteiger partial charge in [0.2, 0.25) is 11.0 Å². The molecule has 0 atom stereocenters. The molecule has 3 aromatic rings. The van der Waals surface area contributed by atoms with Gasteiger partial charge in [0.05, 0.1) is 11.4 Å². The summed E-state index contributed by atoms with van der Waals surface area (Å²) in [6, 6.07) is 6.22. The van der Waals surface area contributed by atoms with Gasteiger partial charge in [-0.15, -0.1) is 5.10 Å².